The first-order valence-corrected chi connectivity index (χ1v) is 23.1. The molecule has 22 nitrogen and oxygen atoms in total. The number of aliphatic hydroxyl groups is 1. The van der Waals surface area contributed by atoms with Gasteiger partial charge in [0.05, 0.1) is 18.5 Å². The van der Waals surface area contributed by atoms with Gasteiger partial charge in [0.1, 0.15) is 36.3 Å². The lowest BCUT2D eigenvalue weighted by atomic mass is 9.97. The van der Waals surface area contributed by atoms with E-state index >= 15 is 0 Å². The van der Waals surface area contributed by atoms with Crippen molar-refractivity contribution in [2.24, 2.45) is 23.5 Å². The number of hydrogen-bond acceptors (Lipinski definition) is 12. The van der Waals surface area contributed by atoms with Gasteiger partial charge in [-0.15, -0.1) is 0 Å². The van der Waals surface area contributed by atoms with Crippen LogP contribution in [0.1, 0.15) is 91.7 Å². The summed E-state index contributed by atoms with van der Waals surface area (Å²) in [6.07, 6.45) is -3.87. The lowest BCUT2D eigenvalue weighted by molar-refractivity contribution is -0.142. The van der Waals surface area contributed by atoms with Gasteiger partial charge in [-0.1, -0.05) is 102 Å². The molecule has 0 bridgehead atoms. The van der Waals surface area contributed by atoms with Crippen LogP contribution in [0.5, 0.6) is 0 Å². The van der Waals surface area contributed by atoms with E-state index in [1.165, 1.54) is 6.92 Å². The van der Waals surface area contributed by atoms with Crippen LogP contribution < -0.4 is 43.0 Å². The second-order valence-electron chi connectivity index (χ2n) is 18.4. The maximum atomic E-state index is 14.0. The van der Waals surface area contributed by atoms with Crippen molar-refractivity contribution in [2.45, 2.75) is 148 Å². The Morgan fingerprint density at radius 3 is 1.43 bits per heavy atom. The molecule has 7 amide bonds. The van der Waals surface area contributed by atoms with E-state index in [1.807, 2.05) is 0 Å². The van der Waals surface area contributed by atoms with Crippen LogP contribution in [0.15, 0.2) is 60.7 Å². The first kappa shape index (κ1) is 59.2. The molecule has 0 radical (unpaired) electrons. The van der Waals surface area contributed by atoms with E-state index in [2.05, 4.69) is 37.2 Å². The number of nitrogens with one attached hydrogen (secondary N) is 7. The van der Waals surface area contributed by atoms with Gasteiger partial charge in [-0.2, -0.15) is 0 Å². The largest absolute Gasteiger partial charge is 0.481 e. The summed E-state index contributed by atoms with van der Waals surface area (Å²) in [5.41, 5.74) is 7.03. The van der Waals surface area contributed by atoms with Crippen LogP contribution in [-0.2, 0) is 60.8 Å². The number of amides is 7. The number of aliphatic carboxylic acids is 3. The second-order valence-corrected chi connectivity index (χ2v) is 18.4. The van der Waals surface area contributed by atoms with Crippen molar-refractivity contribution in [2.75, 3.05) is 0 Å². The molecule has 0 fully saturated rings. The average molecular weight is 983 g/mol. The highest BCUT2D eigenvalue weighted by molar-refractivity contribution is 5.97. The Balaban J connectivity index is 2.31. The molecule has 0 heterocycles. The number of carboxylic acids is 3. The molecule has 0 unspecified atom stereocenters. The van der Waals surface area contributed by atoms with E-state index in [4.69, 9.17) is 10.8 Å². The third-order valence-electron chi connectivity index (χ3n) is 10.9. The molecule has 2 aromatic rings. The summed E-state index contributed by atoms with van der Waals surface area (Å²) in [6.45, 7) is 11.5. The van der Waals surface area contributed by atoms with Crippen molar-refractivity contribution in [3.63, 3.8) is 0 Å². The van der Waals surface area contributed by atoms with E-state index in [0.29, 0.717) is 11.1 Å². The summed E-state index contributed by atoms with van der Waals surface area (Å²) >= 11 is 0. The summed E-state index contributed by atoms with van der Waals surface area (Å²) in [5, 5.41) is 57.3. The van der Waals surface area contributed by atoms with Crippen LogP contribution >= 0.6 is 0 Å². The van der Waals surface area contributed by atoms with Crippen molar-refractivity contribution in [1.82, 2.24) is 37.2 Å². The van der Waals surface area contributed by atoms with Crippen molar-refractivity contribution in [3.8, 4) is 0 Å². The third-order valence-corrected chi connectivity index (χ3v) is 10.9. The monoisotopic (exact) mass is 983 g/mol. The molecule has 0 saturated carbocycles. The maximum Gasteiger partial charge on any atom is 0.326 e. The van der Waals surface area contributed by atoms with Gasteiger partial charge < -0.3 is 63.4 Å². The van der Waals surface area contributed by atoms with E-state index in [0.717, 1.165) is 0 Å². The van der Waals surface area contributed by atoms with Gasteiger partial charge in [-0.25, -0.2) is 4.79 Å². The normalized spacial score (nSPS) is 15.1. The zero-order valence-corrected chi connectivity index (χ0v) is 40.6. The Kier molecular flexibility index (Phi) is 24.7. The molecule has 386 valence electrons. The van der Waals surface area contributed by atoms with Gasteiger partial charge in [-0.3, -0.25) is 43.2 Å². The summed E-state index contributed by atoms with van der Waals surface area (Å²) < 4.78 is 0. The standard InChI is InChI=1S/C48H70N8O14/c1-25(2)20-33(45(66)55-36(48(69)70)23-30-16-12-9-13-17-30)52-41(62)28(7)50-43(64)35(24-38(59)60)54-47(68)40(61)32(22-29-14-10-8-11-15-29)51-44(65)34(21-26(3)4)53-46(67)39(27(5)6)56-42(63)31(49)18-19-37(57)58/h8-17,25-28,31-36,39-40,61H,18-24,49H2,1-7H3,(H,50,64)(H,51,65)(H,52,62)(H,53,67)(H,54,68)(H,55,66)(H,56,63)(H,57,58)(H,59,60)(H,69,70)/t28-,31-,32-,33-,34-,35-,36-,39-,40+/m0/s1. The first-order valence-electron chi connectivity index (χ1n) is 23.1. The Hall–Kier alpha value is -6.94. The SMILES string of the molecule is CC(C)C[C@H](NC(=O)[C@H](C)NC(=O)[C@H](CC(=O)O)NC(=O)[C@H](O)[C@H](Cc1ccccc1)NC(=O)[C@H](CC(C)C)NC(=O)[C@@H](NC(=O)[C@@H](N)CCC(=O)O)C(C)C)C(=O)N[C@@H](Cc1ccccc1)C(=O)O. The van der Waals surface area contributed by atoms with E-state index < -0.39 is 126 Å². The molecule has 0 aliphatic carbocycles. The van der Waals surface area contributed by atoms with Gasteiger partial charge in [0, 0.05) is 12.8 Å². The summed E-state index contributed by atoms with van der Waals surface area (Å²) in [5.74, 6) is -11.5. The van der Waals surface area contributed by atoms with E-state index in [9.17, 15) is 63.3 Å². The molecule has 0 spiro atoms. The number of rotatable bonds is 30. The fraction of sp³-hybridized carbons (Fsp3) is 0.542. The van der Waals surface area contributed by atoms with Gasteiger partial charge in [0.25, 0.3) is 5.91 Å². The number of carboxylic acid groups (broad SMARTS) is 3. The molecule has 0 saturated heterocycles. The molecule has 0 aliphatic heterocycles. The smallest absolute Gasteiger partial charge is 0.326 e. The van der Waals surface area contributed by atoms with Gasteiger partial charge in [0.15, 0.2) is 6.10 Å². The molecule has 9 atom stereocenters. The Morgan fingerprint density at radius 2 is 0.957 bits per heavy atom. The van der Waals surface area contributed by atoms with Gasteiger partial charge in [-0.05, 0) is 61.5 Å². The van der Waals surface area contributed by atoms with Crippen LogP contribution in [0.4, 0.5) is 0 Å². The van der Waals surface area contributed by atoms with Crippen LogP contribution in [0.2, 0.25) is 0 Å². The predicted molar refractivity (Wildman–Crippen MR) is 254 cm³/mol. The highest BCUT2D eigenvalue weighted by atomic mass is 16.4. The molecule has 0 aliphatic rings. The highest BCUT2D eigenvalue weighted by Crippen LogP contribution is 2.14. The fourth-order valence-corrected chi connectivity index (χ4v) is 7.09. The molecule has 2 rings (SSSR count). The van der Waals surface area contributed by atoms with E-state index in [1.54, 1.807) is 102 Å². The minimum absolute atomic E-state index is 0.0431. The number of carbonyl (C=O) groups excluding carboxylic acids is 7. The molecule has 0 aromatic heterocycles. The van der Waals surface area contributed by atoms with Crippen molar-refractivity contribution < 1.29 is 68.4 Å². The second kappa shape index (κ2) is 29.2. The number of aliphatic hydroxyl groups excluding tert-OH is 1. The first-order chi connectivity index (χ1) is 32.8. The van der Waals surface area contributed by atoms with Gasteiger partial charge in [0.2, 0.25) is 35.4 Å². The molecular formula is C48H70N8O14. The maximum absolute atomic E-state index is 14.0. The molecule has 70 heavy (non-hydrogen) atoms. The van der Waals surface area contributed by atoms with Gasteiger partial charge >= 0.3 is 17.9 Å². The van der Waals surface area contributed by atoms with E-state index in [-0.39, 0.29) is 50.4 Å². The third kappa shape index (κ3) is 21.1. The zero-order chi connectivity index (χ0) is 52.8. The number of hydrogen-bond donors (Lipinski definition) is 12. The van der Waals surface area contributed by atoms with Crippen LogP contribution in [0.3, 0.4) is 0 Å². The predicted octanol–water partition coefficient (Wildman–Crippen LogP) is -0.254. The fourth-order valence-electron chi connectivity index (χ4n) is 7.09. The molecule has 2 aromatic carbocycles. The van der Waals surface area contributed by atoms with Crippen LogP contribution in [-0.4, -0.2) is 134 Å². The van der Waals surface area contributed by atoms with Crippen molar-refractivity contribution >= 4 is 59.3 Å². The number of benzene rings is 2. The quantitative estimate of drug-likeness (QED) is 0.0480. The van der Waals surface area contributed by atoms with Crippen LogP contribution in [0, 0.1) is 17.8 Å². The minimum Gasteiger partial charge on any atom is -0.481 e. The van der Waals surface area contributed by atoms with Crippen molar-refractivity contribution in [1.29, 1.82) is 0 Å². The number of carbonyl (C=O) groups is 10. The topological polar surface area (TPSA) is 362 Å². The summed E-state index contributed by atoms with van der Waals surface area (Å²) in [6, 6.07) is 5.76. The summed E-state index contributed by atoms with van der Waals surface area (Å²) in [7, 11) is 0. The Bertz CT molecular complexity index is 2110. The highest BCUT2D eigenvalue weighted by Gasteiger charge is 2.37. The lowest BCUT2D eigenvalue weighted by Gasteiger charge is -2.30. The molecule has 22 heteroatoms. The van der Waals surface area contributed by atoms with Crippen LogP contribution in [0.25, 0.3) is 0 Å². The molecule has 13 N–H and O–H groups in total. The Morgan fingerprint density at radius 1 is 0.500 bits per heavy atom. The summed E-state index contributed by atoms with van der Waals surface area (Å²) in [4.78, 5) is 130. The van der Waals surface area contributed by atoms with Crippen molar-refractivity contribution in [3.05, 3.63) is 71.8 Å². The Labute approximate surface area is 407 Å². The average Bonchev–Trinajstić information content (AvgIpc) is 3.28. The molecular weight excluding hydrogens is 913 g/mol. The number of nitrogens with two attached hydrogens (primary N) is 1. The minimum atomic E-state index is -2.15. The lowest BCUT2D eigenvalue weighted by Crippen LogP contribution is -2.61. The zero-order valence-electron chi connectivity index (χ0n) is 40.6.